The molecule has 1 aliphatic heterocycles. The summed E-state index contributed by atoms with van der Waals surface area (Å²) in [5, 5.41) is 3.08. The van der Waals surface area contributed by atoms with Crippen molar-refractivity contribution in [2.75, 3.05) is 13.1 Å². The first-order valence-electron chi connectivity index (χ1n) is 6.11. The molecule has 1 saturated heterocycles. The fraction of sp³-hybridized carbons (Fsp3) is 0.500. The molecule has 0 saturated carbocycles. The molecule has 1 aliphatic rings. The molecule has 0 amide bonds. The second-order valence-electron chi connectivity index (χ2n) is 4.67. The highest BCUT2D eigenvalue weighted by atomic mass is 35.5. The van der Waals surface area contributed by atoms with Gasteiger partial charge in [-0.05, 0) is 37.1 Å². The molecule has 1 aromatic carbocycles. The lowest BCUT2D eigenvalue weighted by atomic mass is 10.1. The number of sulfonamides is 1. The molecule has 0 aromatic heterocycles. The summed E-state index contributed by atoms with van der Waals surface area (Å²) >= 11 is 5.63. The van der Waals surface area contributed by atoms with Crippen LogP contribution < -0.4 is 10.0 Å². The van der Waals surface area contributed by atoms with Crippen LogP contribution in [0.3, 0.4) is 0 Å². The minimum absolute atomic E-state index is 0.0629. The summed E-state index contributed by atoms with van der Waals surface area (Å²) in [6, 6.07) is 3.87. The molecule has 0 aliphatic carbocycles. The first-order valence-corrected chi connectivity index (χ1v) is 8.14. The van der Waals surface area contributed by atoms with Gasteiger partial charge >= 0.3 is 0 Å². The fourth-order valence-electron chi connectivity index (χ4n) is 2.10. The standard InChI is InChI=1S/C12H16ClFN2O2S/c13-11-6-9(3-4-12(11)14)8-19(17,18)16-10-2-1-5-15-7-10/h3-4,6,10,15-16H,1-2,5,7-8H2/t10-/m0/s1. The molecular weight excluding hydrogens is 291 g/mol. The largest absolute Gasteiger partial charge is 0.315 e. The first-order chi connectivity index (χ1) is 8.96. The number of piperidine rings is 1. The summed E-state index contributed by atoms with van der Waals surface area (Å²) in [6.07, 6.45) is 1.78. The molecule has 1 aromatic rings. The van der Waals surface area contributed by atoms with Gasteiger partial charge in [-0.2, -0.15) is 0 Å². The summed E-state index contributed by atoms with van der Waals surface area (Å²) in [7, 11) is -3.43. The number of benzene rings is 1. The van der Waals surface area contributed by atoms with Crippen molar-refractivity contribution in [3.05, 3.63) is 34.6 Å². The van der Waals surface area contributed by atoms with Crippen molar-refractivity contribution in [1.29, 1.82) is 0 Å². The van der Waals surface area contributed by atoms with Crippen LogP contribution >= 0.6 is 11.6 Å². The number of nitrogens with one attached hydrogen (secondary N) is 2. The van der Waals surface area contributed by atoms with Crippen molar-refractivity contribution in [2.45, 2.75) is 24.6 Å². The Labute approximate surface area is 117 Å². The second kappa shape index (κ2) is 6.17. The highest BCUT2D eigenvalue weighted by molar-refractivity contribution is 7.88. The monoisotopic (exact) mass is 306 g/mol. The predicted octanol–water partition coefficient (Wildman–Crippen LogP) is 1.65. The molecule has 106 valence electrons. The fourth-order valence-corrected chi connectivity index (χ4v) is 3.71. The maximum atomic E-state index is 13.0. The molecule has 0 bridgehead atoms. The van der Waals surface area contributed by atoms with Gasteiger partial charge in [-0.3, -0.25) is 0 Å². The van der Waals surface area contributed by atoms with Crippen LogP contribution in [-0.2, 0) is 15.8 Å². The van der Waals surface area contributed by atoms with E-state index in [1.165, 1.54) is 18.2 Å². The number of halogens is 2. The summed E-state index contributed by atoms with van der Waals surface area (Å²) in [6.45, 7) is 1.56. The summed E-state index contributed by atoms with van der Waals surface area (Å²) < 4.78 is 39.6. The highest BCUT2D eigenvalue weighted by Gasteiger charge is 2.20. The van der Waals surface area contributed by atoms with E-state index in [0.29, 0.717) is 12.1 Å². The van der Waals surface area contributed by atoms with E-state index >= 15 is 0 Å². The van der Waals surface area contributed by atoms with E-state index < -0.39 is 15.8 Å². The molecule has 1 heterocycles. The van der Waals surface area contributed by atoms with Crippen molar-refractivity contribution in [1.82, 2.24) is 10.0 Å². The van der Waals surface area contributed by atoms with Crippen molar-refractivity contribution < 1.29 is 12.8 Å². The van der Waals surface area contributed by atoms with Crippen LogP contribution in [0.15, 0.2) is 18.2 Å². The van der Waals surface area contributed by atoms with Gasteiger partial charge in [-0.15, -0.1) is 0 Å². The summed E-state index contributed by atoms with van der Waals surface area (Å²) in [5.74, 6) is -0.740. The molecular formula is C12H16ClFN2O2S. The van der Waals surface area contributed by atoms with Gasteiger partial charge in [0.1, 0.15) is 5.82 Å². The third-order valence-corrected chi connectivity index (χ3v) is 4.68. The predicted molar refractivity (Wildman–Crippen MR) is 73.1 cm³/mol. The molecule has 4 nitrogen and oxygen atoms in total. The Hall–Kier alpha value is -0.690. The van der Waals surface area contributed by atoms with E-state index in [9.17, 15) is 12.8 Å². The zero-order valence-corrected chi connectivity index (χ0v) is 11.9. The molecule has 7 heteroatoms. The molecule has 0 unspecified atom stereocenters. The van der Waals surface area contributed by atoms with Crippen molar-refractivity contribution in [3.63, 3.8) is 0 Å². The summed E-state index contributed by atoms with van der Waals surface area (Å²) in [4.78, 5) is 0. The third-order valence-electron chi connectivity index (χ3n) is 2.98. The van der Waals surface area contributed by atoms with Crippen molar-refractivity contribution in [3.8, 4) is 0 Å². The Morgan fingerprint density at radius 3 is 2.89 bits per heavy atom. The van der Waals surface area contributed by atoms with Crippen LogP contribution in [0.2, 0.25) is 5.02 Å². The minimum atomic E-state index is -3.43. The average Bonchev–Trinajstić information content (AvgIpc) is 2.34. The first kappa shape index (κ1) is 14.7. The van der Waals surface area contributed by atoms with Crippen LogP contribution in [-0.4, -0.2) is 27.5 Å². The van der Waals surface area contributed by atoms with Crippen LogP contribution in [0.4, 0.5) is 4.39 Å². The minimum Gasteiger partial charge on any atom is -0.315 e. The maximum Gasteiger partial charge on any atom is 0.216 e. The Morgan fingerprint density at radius 2 is 2.26 bits per heavy atom. The van der Waals surface area contributed by atoms with E-state index in [2.05, 4.69) is 10.0 Å². The Morgan fingerprint density at radius 1 is 1.47 bits per heavy atom. The highest BCUT2D eigenvalue weighted by Crippen LogP contribution is 2.17. The lowest BCUT2D eigenvalue weighted by Gasteiger charge is -2.23. The van der Waals surface area contributed by atoms with Gasteiger partial charge in [-0.25, -0.2) is 17.5 Å². The molecule has 0 spiro atoms. The molecule has 2 N–H and O–H groups in total. The quantitative estimate of drug-likeness (QED) is 0.889. The molecule has 2 rings (SSSR count). The van der Waals surface area contributed by atoms with Crippen molar-refractivity contribution in [2.24, 2.45) is 0 Å². The smallest absolute Gasteiger partial charge is 0.216 e. The van der Waals surface area contributed by atoms with Crippen LogP contribution in [0.5, 0.6) is 0 Å². The average molecular weight is 307 g/mol. The van der Waals surface area contributed by atoms with Crippen LogP contribution in [0.25, 0.3) is 0 Å². The maximum absolute atomic E-state index is 13.0. The Bertz CT molecular complexity index is 545. The van der Waals surface area contributed by atoms with Gasteiger partial charge < -0.3 is 5.32 Å². The topological polar surface area (TPSA) is 58.2 Å². The van der Waals surface area contributed by atoms with E-state index in [0.717, 1.165) is 19.4 Å². The van der Waals surface area contributed by atoms with Gasteiger partial charge in [0.2, 0.25) is 10.0 Å². The SMILES string of the molecule is O=S(=O)(Cc1ccc(F)c(Cl)c1)N[C@H]1CCCNC1. The van der Waals surface area contributed by atoms with Gasteiger partial charge in [0.25, 0.3) is 0 Å². The van der Waals surface area contributed by atoms with Crippen LogP contribution in [0.1, 0.15) is 18.4 Å². The van der Waals surface area contributed by atoms with Gasteiger partial charge in [0.05, 0.1) is 10.8 Å². The Balaban J connectivity index is 2.01. The normalized spacial score (nSPS) is 20.4. The third kappa shape index (κ3) is 4.42. The zero-order valence-electron chi connectivity index (χ0n) is 10.3. The molecule has 0 radical (unpaired) electrons. The second-order valence-corrected chi connectivity index (χ2v) is 6.83. The molecule has 1 fully saturated rings. The van der Waals surface area contributed by atoms with E-state index in [1.807, 2.05) is 0 Å². The molecule has 19 heavy (non-hydrogen) atoms. The van der Waals surface area contributed by atoms with E-state index in [4.69, 9.17) is 11.6 Å². The zero-order chi connectivity index (χ0) is 13.9. The number of hydrogen-bond donors (Lipinski definition) is 2. The summed E-state index contributed by atoms with van der Waals surface area (Å²) in [5.41, 5.74) is 0.475. The van der Waals surface area contributed by atoms with Gasteiger partial charge in [0.15, 0.2) is 0 Å². The van der Waals surface area contributed by atoms with E-state index in [1.54, 1.807) is 0 Å². The van der Waals surface area contributed by atoms with Gasteiger partial charge in [-0.1, -0.05) is 17.7 Å². The molecule has 1 atom stereocenters. The lowest BCUT2D eigenvalue weighted by molar-refractivity contribution is 0.428. The lowest BCUT2D eigenvalue weighted by Crippen LogP contribution is -2.45. The van der Waals surface area contributed by atoms with Gasteiger partial charge in [0, 0.05) is 12.6 Å². The van der Waals surface area contributed by atoms with Crippen molar-refractivity contribution >= 4 is 21.6 Å². The Kier molecular flexibility index (Phi) is 4.78. The van der Waals surface area contributed by atoms with E-state index in [-0.39, 0.29) is 16.8 Å². The van der Waals surface area contributed by atoms with Crippen LogP contribution in [0, 0.1) is 5.82 Å². The number of rotatable bonds is 4. The number of hydrogen-bond acceptors (Lipinski definition) is 3.